The topological polar surface area (TPSA) is 72.3 Å². The lowest BCUT2D eigenvalue weighted by Crippen LogP contribution is -2.01. The molecule has 1 heterocycles. The smallest absolute Gasteiger partial charge is 0.339 e. The van der Waals surface area contributed by atoms with E-state index in [0.29, 0.717) is 16.2 Å². The molecule has 6 heteroatoms. The molecule has 5 nitrogen and oxygen atoms in total. The van der Waals surface area contributed by atoms with Gasteiger partial charge in [0.2, 0.25) is 5.88 Å². The molecule has 0 radical (unpaired) electrons. The number of benzene rings is 1. The minimum atomic E-state index is -1.06. The summed E-state index contributed by atoms with van der Waals surface area (Å²) in [7, 11) is 0. The Hall–Kier alpha value is -1.95. The number of rotatable bonds is 3. The number of halogens is 1. The van der Waals surface area contributed by atoms with E-state index >= 15 is 0 Å². The zero-order chi connectivity index (χ0) is 13.1. The molecule has 0 saturated heterocycles. The van der Waals surface area contributed by atoms with Crippen LogP contribution in [0.4, 0.5) is 0 Å². The number of carbonyl (C=O) groups is 1. The Labute approximate surface area is 112 Å². The standard InChI is InChI=1S/C12H9BrN2O3/c1-7-14-5-4-11(15-7)18-10-3-2-8(13)6-9(10)12(16)17/h2-6H,1H3,(H,16,17). The minimum absolute atomic E-state index is 0.0700. The van der Waals surface area contributed by atoms with Crippen molar-refractivity contribution >= 4 is 21.9 Å². The fraction of sp³-hybridized carbons (Fsp3) is 0.0833. The molecule has 18 heavy (non-hydrogen) atoms. The van der Waals surface area contributed by atoms with Gasteiger partial charge in [0.1, 0.15) is 17.1 Å². The predicted octanol–water partition coefficient (Wildman–Crippen LogP) is 3.04. The molecule has 0 fully saturated rings. The van der Waals surface area contributed by atoms with Crippen molar-refractivity contribution < 1.29 is 14.6 Å². The van der Waals surface area contributed by atoms with E-state index in [9.17, 15) is 4.79 Å². The molecule has 0 amide bonds. The highest BCUT2D eigenvalue weighted by Crippen LogP contribution is 2.27. The second-order valence-electron chi connectivity index (χ2n) is 3.49. The van der Waals surface area contributed by atoms with E-state index in [4.69, 9.17) is 9.84 Å². The Bertz CT molecular complexity index is 602. The average Bonchev–Trinajstić information content (AvgIpc) is 2.31. The monoisotopic (exact) mass is 308 g/mol. The van der Waals surface area contributed by atoms with Crippen molar-refractivity contribution in [1.82, 2.24) is 9.97 Å². The summed E-state index contributed by atoms with van der Waals surface area (Å²) < 4.78 is 6.13. The van der Waals surface area contributed by atoms with Crippen LogP contribution in [0.15, 0.2) is 34.9 Å². The third-order valence-electron chi connectivity index (χ3n) is 2.14. The van der Waals surface area contributed by atoms with E-state index in [1.165, 1.54) is 6.07 Å². The van der Waals surface area contributed by atoms with Gasteiger partial charge in [0.15, 0.2) is 0 Å². The molecule has 1 N–H and O–H groups in total. The summed E-state index contributed by atoms with van der Waals surface area (Å²) in [5.74, 6) is 0.0506. The van der Waals surface area contributed by atoms with E-state index in [1.807, 2.05) is 0 Å². The highest BCUT2D eigenvalue weighted by molar-refractivity contribution is 9.10. The van der Waals surface area contributed by atoms with Crippen LogP contribution >= 0.6 is 15.9 Å². The maximum atomic E-state index is 11.1. The van der Waals surface area contributed by atoms with Gasteiger partial charge >= 0.3 is 5.97 Å². The highest BCUT2D eigenvalue weighted by Gasteiger charge is 2.13. The Kier molecular flexibility index (Phi) is 3.57. The summed E-state index contributed by atoms with van der Waals surface area (Å²) in [5, 5.41) is 9.09. The summed E-state index contributed by atoms with van der Waals surface area (Å²) in [6.07, 6.45) is 1.55. The number of nitrogens with zero attached hydrogens (tertiary/aromatic N) is 2. The summed E-state index contributed by atoms with van der Waals surface area (Å²) in [4.78, 5) is 19.1. The molecule has 0 saturated carbocycles. The van der Waals surface area contributed by atoms with Crippen LogP contribution in [-0.2, 0) is 0 Å². The summed E-state index contributed by atoms with van der Waals surface area (Å²) in [6, 6.07) is 6.33. The van der Waals surface area contributed by atoms with Crippen molar-refractivity contribution in [3.05, 3.63) is 46.3 Å². The Morgan fingerprint density at radius 2 is 2.17 bits per heavy atom. The maximum Gasteiger partial charge on any atom is 0.339 e. The zero-order valence-electron chi connectivity index (χ0n) is 9.42. The first kappa shape index (κ1) is 12.5. The second kappa shape index (κ2) is 5.14. The van der Waals surface area contributed by atoms with Gasteiger partial charge in [-0.2, -0.15) is 4.98 Å². The van der Waals surface area contributed by atoms with Gasteiger partial charge in [0, 0.05) is 16.7 Å². The van der Waals surface area contributed by atoms with Gasteiger partial charge in [0.05, 0.1) is 0 Å². The van der Waals surface area contributed by atoms with Gasteiger partial charge in [-0.25, -0.2) is 9.78 Å². The molecule has 0 aliphatic heterocycles. The molecule has 1 aromatic carbocycles. The molecule has 0 aliphatic carbocycles. The number of aryl methyl sites for hydroxylation is 1. The number of aromatic carboxylic acids is 1. The lowest BCUT2D eigenvalue weighted by Gasteiger charge is -2.08. The molecule has 2 rings (SSSR count). The van der Waals surface area contributed by atoms with Crippen molar-refractivity contribution in [1.29, 1.82) is 0 Å². The summed E-state index contributed by atoms with van der Waals surface area (Å²) >= 11 is 3.22. The quantitative estimate of drug-likeness (QED) is 0.943. The van der Waals surface area contributed by atoms with E-state index in [2.05, 4.69) is 25.9 Å². The van der Waals surface area contributed by atoms with Crippen molar-refractivity contribution in [3.63, 3.8) is 0 Å². The number of ether oxygens (including phenoxy) is 1. The van der Waals surface area contributed by atoms with E-state index in [-0.39, 0.29) is 11.3 Å². The molecule has 92 valence electrons. The summed E-state index contributed by atoms with van der Waals surface area (Å²) in [5.41, 5.74) is 0.0700. The first-order valence-corrected chi connectivity index (χ1v) is 5.86. The minimum Gasteiger partial charge on any atom is -0.478 e. The average molecular weight is 309 g/mol. The van der Waals surface area contributed by atoms with Gasteiger partial charge in [-0.05, 0) is 25.1 Å². The highest BCUT2D eigenvalue weighted by atomic mass is 79.9. The van der Waals surface area contributed by atoms with Crippen molar-refractivity contribution in [2.24, 2.45) is 0 Å². The maximum absolute atomic E-state index is 11.1. The fourth-order valence-corrected chi connectivity index (χ4v) is 1.72. The summed E-state index contributed by atoms with van der Waals surface area (Å²) in [6.45, 7) is 1.73. The third-order valence-corrected chi connectivity index (χ3v) is 2.63. The SMILES string of the molecule is Cc1nccc(Oc2ccc(Br)cc2C(=O)O)n1. The fourth-order valence-electron chi connectivity index (χ4n) is 1.36. The lowest BCUT2D eigenvalue weighted by atomic mass is 10.2. The van der Waals surface area contributed by atoms with Crippen molar-refractivity contribution in [2.45, 2.75) is 6.92 Å². The van der Waals surface area contributed by atoms with Gasteiger partial charge in [-0.1, -0.05) is 15.9 Å². The Morgan fingerprint density at radius 1 is 1.39 bits per heavy atom. The molecular formula is C12H9BrN2O3. The number of hydrogen-bond donors (Lipinski definition) is 1. The normalized spacial score (nSPS) is 10.1. The van der Waals surface area contributed by atoms with Gasteiger partial charge in [-0.15, -0.1) is 0 Å². The first-order valence-electron chi connectivity index (χ1n) is 5.06. The van der Waals surface area contributed by atoms with Crippen LogP contribution in [0.2, 0.25) is 0 Å². The van der Waals surface area contributed by atoms with Crippen LogP contribution in [-0.4, -0.2) is 21.0 Å². The van der Waals surface area contributed by atoms with Crippen LogP contribution < -0.4 is 4.74 Å². The first-order chi connectivity index (χ1) is 8.56. The van der Waals surface area contributed by atoms with Crippen molar-refractivity contribution in [2.75, 3.05) is 0 Å². The van der Waals surface area contributed by atoms with Crippen LogP contribution in [0.3, 0.4) is 0 Å². The van der Waals surface area contributed by atoms with E-state index < -0.39 is 5.97 Å². The molecule has 0 aliphatic rings. The van der Waals surface area contributed by atoms with E-state index in [1.54, 1.807) is 31.3 Å². The molecule has 1 aromatic heterocycles. The van der Waals surface area contributed by atoms with Crippen LogP contribution in [0.5, 0.6) is 11.6 Å². The number of carboxylic acids is 1. The van der Waals surface area contributed by atoms with E-state index in [0.717, 1.165) is 0 Å². The lowest BCUT2D eigenvalue weighted by molar-refractivity contribution is 0.0694. The molecule has 0 atom stereocenters. The molecule has 2 aromatic rings. The second-order valence-corrected chi connectivity index (χ2v) is 4.41. The Morgan fingerprint density at radius 3 is 2.83 bits per heavy atom. The number of hydrogen-bond acceptors (Lipinski definition) is 4. The van der Waals surface area contributed by atoms with Gasteiger partial charge in [-0.3, -0.25) is 0 Å². The van der Waals surface area contributed by atoms with Crippen LogP contribution in [0, 0.1) is 6.92 Å². The van der Waals surface area contributed by atoms with Crippen molar-refractivity contribution in [3.8, 4) is 11.6 Å². The largest absolute Gasteiger partial charge is 0.478 e. The van der Waals surface area contributed by atoms with Gasteiger partial charge in [0.25, 0.3) is 0 Å². The number of carboxylic acid groups (broad SMARTS) is 1. The van der Waals surface area contributed by atoms with Crippen LogP contribution in [0.1, 0.15) is 16.2 Å². The zero-order valence-corrected chi connectivity index (χ0v) is 11.0. The molecule has 0 spiro atoms. The molecule has 0 bridgehead atoms. The predicted molar refractivity (Wildman–Crippen MR) is 67.9 cm³/mol. The Balaban J connectivity index is 2.37. The van der Waals surface area contributed by atoms with Gasteiger partial charge < -0.3 is 9.84 Å². The third kappa shape index (κ3) is 2.84. The molecule has 0 unspecified atom stereocenters. The van der Waals surface area contributed by atoms with Crippen LogP contribution in [0.25, 0.3) is 0 Å². The molecular weight excluding hydrogens is 300 g/mol. The number of aromatic nitrogens is 2.